The second kappa shape index (κ2) is 6.87. The predicted molar refractivity (Wildman–Crippen MR) is 81.7 cm³/mol. The van der Waals surface area contributed by atoms with Gasteiger partial charge in [-0.1, -0.05) is 6.07 Å². The lowest BCUT2D eigenvalue weighted by molar-refractivity contribution is -0.385. The smallest absolute Gasteiger partial charge is 0.422 e. The molecule has 1 N–H and O–H groups in total. The van der Waals surface area contributed by atoms with E-state index in [0.717, 1.165) is 17.4 Å². The molecule has 0 aliphatic rings. The van der Waals surface area contributed by atoms with E-state index >= 15 is 0 Å². The molecule has 10 heteroatoms. The summed E-state index contributed by atoms with van der Waals surface area (Å²) >= 11 is 0.954. The largest absolute Gasteiger partial charge is 0.484 e. The van der Waals surface area contributed by atoms with Crippen LogP contribution in [0.1, 0.15) is 14.5 Å². The fourth-order valence-corrected chi connectivity index (χ4v) is 2.67. The molecule has 2 rings (SSSR count). The SMILES string of the molecule is Cc1sc(C(=O)Nc2cccc(OCC(F)(F)F)c2)cc1[N+](=O)[O-]. The van der Waals surface area contributed by atoms with Crippen LogP contribution in [0.5, 0.6) is 5.75 Å². The van der Waals surface area contributed by atoms with Crippen LogP contribution in [-0.4, -0.2) is 23.6 Å². The summed E-state index contributed by atoms with van der Waals surface area (Å²) in [6, 6.07) is 6.59. The fourth-order valence-electron chi connectivity index (χ4n) is 1.79. The van der Waals surface area contributed by atoms with Gasteiger partial charge < -0.3 is 10.1 Å². The summed E-state index contributed by atoms with van der Waals surface area (Å²) in [6.07, 6.45) is -4.47. The lowest BCUT2D eigenvalue weighted by Gasteiger charge is -2.10. The van der Waals surface area contributed by atoms with Gasteiger partial charge in [-0.2, -0.15) is 13.2 Å². The molecule has 1 aromatic carbocycles. The molecule has 0 fully saturated rings. The van der Waals surface area contributed by atoms with Crippen molar-refractivity contribution in [2.24, 2.45) is 0 Å². The van der Waals surface area contributed by atoms with E-state index < -0.39 is 23.6 Å². The molecule has 1 amide bonds. The van der Waals surface area contributed by atoms with E-state index in [1.807, 2.05) is 0 Å². The van der Waals surface area contributed by atoms with Crippen molar-refractivity contribution in [3.05, 3.63) is 50.2 Å². The maximum absolute atomic E-state index is 12.1. The minimum absolute atomic E-state index is 0.0570. The van der Waals surface area contributed by atoms with Gasteiger partial charge in [0.25, 0.3) is 11.6 Å². The van der Waals surface area contributed by atoms with Crippen LogP contribution in [0.3, 0.4) is 0 Å². The predicted octanol–water partition coefficient (Wildman–Crippen LogP) is 4.16. The number of aryl methyl sites for hydroxylation is 1. The van der Waals surface area contributed by atoms with E-state index in [2.05, 4.69) is 10.1 Å². The zero-order chi connectivity index (χ0) is 17.9. The Bertz CT molecular complexity index is 774. The summed E-state index contributed by atoms with van der Waals surface area (Å²) in [5.41, 5.74) is 0.0563. The quantitative estimate of drug-likeness (QED) is 0.641. The van der Waals surface area contributed by atoms with Crippen molar-refractivity contribution in [2.45, 2.75) is 13.1 Å². The van der Waals surface area contributed by atoms with Gasteiger partial charge >= 0.3 is 6.18 Å². The number of hydrogen-bond donors (Lipinski definition) is 1. The number of nitro groups is 1. The Morgan fingerprint density at radius 2 is 2.08 bits per heavy atom. The normalized spacial score (nSPS) is 11.2. The standard InChI is InChI=1S/C14H11F3N2O4S/c1-8-11(19(21)22)6-12(24-8)13(20)18-9-3-2-4-10(5-9)23-7-14(15,16)17/h2-6H,7H2,1H3,(H,18,20). The second-order valence-corrected chi connectivity index (χ2v) is 5.95. The van der Waals surface area contributed by atoms with Crippen LogP contribution in [0.15, 0.2) is 30.3 Å². The average molecular weight is 360 g/mol. The third-order valence-electron chi connectivity index (χ3n) is 2.81. The second-order valence-electron chi connectivity index (χ2n) is 4.69. The number of rotatable bonds is 5. The molecule has 0 bridgehead atoms. The molecule has 0 aliphatic heterocycles. The Balaban J connectivity index is 2.09. The molecule has 0 saturated heterocycles. The zero-order valence-electron chi connectivity index (χ0n) is 12.2. The molecule has 1 aromatic heterocycles. The maximum atomic E-state index is 12.1. The number of carbonyl (C=O) groups excluding carboxylic acids is 1. The van der Waals surface area contributed by atoms with Crippen molar-refractivity contribution in [2.75, 3.05) is 11.9 Å². The van der Waals surface area contributed by atoms with E-state index in [1.54, 1.807) is 0 Å². The van der Waals surface area contributed by atoms with Gasteiger partial charge in [0.2, 0.25) is 0 Å². The first kappa shape index (κ1) is 17.7. The summed E-state index contributed by atoms with van der Waals surface area (Å²) < 4.78 is 41.0. The molecular weight excluding hydrogens is 349 g/mol. The van der Waals surface area contributed by atoms with Gasteiger partial charge in [0.1, 0.15) is 5.75 Å². The van der Waals surface area contributed by atoms with Crippen LogP contribution in [0, 0.1) is 17.0 Å². The zero-order valence-corrected chi connectivity index (χ0v) is 13.0. The monoisotopic (exact) mass is 360 g/mol. The van der Waals surface area contributed by atoms with Gasteiger partial charge in [0.05, 0.1) is 14.7 Å². The van der Waals surface area contributed by atoms with Crippen molar-refractivity contribution in [3.8, 4) is 5.75 Å². The summed E-state index contributed by atoms with van der Waals surface area (Å²) in [7, 11) is 0. The molecule has 24 heavy (non-hydrogen) atoms. The Hall–Kier alpha value is -2.62. The maximum Gasteiger partial charge on any atom is 0.422 e. The molecule has 0 atom stereocenters. The number of hydrogen-bond acceptors (Lipinski definition) is 5. The van der Waals surface area contributed by atoms with Crippen LogP contribution >= 0.6 is 11.3 Å². The first-order valence-electron chi connectivity index (χ1n) is 6.51. The summed E-state index contributed by atoms with van der Waals surface area (Å²) in [5, 5.41) is 13.2. The number of alkyl halides is 3. The van der Waals surface area contributed by atoms with Crippen molar-refractivity contribution >= 4 is 28.6 Å². The number of carbonyl (C=O) groups is 1. The van der Waals surface area contributed by atoms with E-state index in [4.69, 9.17) is 0 Å². The highest BCUT2D eigenvalue weighted by Gasteiger charge is 2.28. The molecule has 6 nitrogen and oxygen atoms in total. The first-order chi connectivity index (χ1) is 11.2. The molecule has 0 aliphatic carbocycles. The molecular formula is C14H11F3N2O4S. The molecule has 0 saturated carbocycles. The van der Waals surface area contributed by atoms with Crippen LogP contribution in [0.2, 0.25) is 0 Å². The number of benzene rings is 1. The van der Waals surface area contributed by atoms with Crippen LogP contribution < -0.4 is 10.1 Å². The molecule has 0 spiro atoms. The number of anilines is 1. The molecule has 0 radical (unpaired) electrons. The summed E-state index contributed by atoms with van der Waals surface area (Å²) in [6.45, 7) is 0.0753. The van der Waals surface area contributed by atoms with Crippen molar-refractivity contribution in [3.63, 3.8) is 0 Å². The number of halogens is 3. The van der Waals surface area contributed by atoms with E-state index in [-0.39, 0.29) is 22.0 Å². The van der Waals surface area contributed by atoms with Crippen LogP contribution in [-0.2, 0) is 0 Å². The average Bonchev–Trinajstić information content (AvgIpc) is 2.87. The Morgan fingerprint density at radius 1 is 1.38 bits per heavy atom. The van der Waals surface area contributed by atoms with Gasteiger partial charge in [0, 0.05) is 17.8 Å². The van der Waals surface area contributed by atoms with Crippen molar-refractivity contribution in [1.82, 2.24) is 0 Å². The van der Waals surface area contributed by atoms with Crippen LogP contribution in [0.4, 0.5) is 24.5 Å². The lowest BCUT2D eigenvalue weighted by Crippen LogP contribution is -2.19. The van der Waals surface area contributed by atoms with Crippen molar-refractivity contribution < 1.29 is 27.6 Å². The highest BCUT2D eigenvalue weighted by atomic mass is 32.1. The third-order valence-corrected chi connectivity index (χ3v) is 3.84. The number of nitrogens with one attached hydrogen (secondary N) is 1. The van der Waals surface area contributed by atoms with Gasteiger partial charge in [-0.15, -0.1) is 11.3 Å². The highest BCUT2D eigenvalue weighted by Crippen LogP contribution is 2.29. The van der Waals surface area contributed by atoms with Crippen LogP contribution in [0.25, 0.3) is 0 Å². The summed E-state index contributed by atoms with van der Waals surface area (Å²) in [5.74, 6) is -0.650. The number of amides is 1. The third kappa shape index (κ3) is 4.69. The molecule has 0 unspecified atom stereocenters. The molecule has 1 heterocycles. The van der Waals surface area contributed by atoms with Gasteiger partial charge in [-0.25, -0.2) is 0 Å². The van der Waals surface area contributed by atoms with Gasteiger partial charge in [-0.3, -0.25) is 14.9 Å². The minimum atomic E-state index is -4.47. The number of ether oxygens (including phenoxy) is 1. The van der Waals surface area contributed by atoms with Crippen molar-refractivity contribution in [1.29, 1.82) is 0 Å². The first-order valence-corrected chi connectivity index (χ1v) is 7.33. The Labute approximate surface area is 138 Å². The van der Waals surface area contributed by atoms with E-state index in [0.29, 0.717) is 4.88 Å². The fraction of sp³-hybridized carbons (Fsp3) is 0.214. The topological polar surface area (TPSA) is 81.5 Å². The van der Waals surface area contributed by atoms with Gasteiger partial charge in [-0.05, 0) is 19.1 Å². The molecule has 2 aromatic rings. The lowest BCUT2D eigenvalue weighted by atomic mass is 10.3. The van der Waals surface area contributed by atoms with E-state index in [9.17, 15) is 28.1 Å². The van der Waals surface area contributed by atoms with E-state index in [1.165, 1.54) is 31.2 Å². The number of thiophene rings is 1. The van der Waals surface area contributed by atoms with Gasteiger partial charge in [0.15, 0.2) is 6.61 Å². The Kier molecular flexibility index (Phi) is 5.07. The minimum Gasteiger partial charge on any atom is -0.484 e. The Morgan fingerprint density at radius 3 is 2.67 bits per heavy atom. The summed E-state index contributed by atoms with van der Waals surface area (Å²) in [4.78, 5) is 22.8. The highest BCUT2D eigenvalue weighted by molar-refractivity contribution is 7.14. The number of nitrogens with zero attached hydrogens (tertiary/aromatic N) is 1. The molecule has 128 valence electrons.